The Morgan fingerprint density at radius 1 is 1.08 bits per heavy atom. The molecule has 0 saturated carbocycles. The minimum Gasteiger partial charge on any atom is -0.381 e. The Morgan fingerprint density at radius 3 is 1.50 bits per heavy atom. The standard InChI is InChI=1S/C4H9ClO.C2H6.3CH4.ClH/c1-2-6-4-3-5;1-2;;;;/h2-4H2,1H3;1-2H3;3*1H4;1H. The van der Waals surface area contributed by atoms with Crippen molar-refractivity contribution in [3.05, 3.63) is 0 Å². The molecule has 0 saturated heterocycles. The van der Waals surface area contributed by atoms with Crippen LogP contribution < -0.4 is 0 Å². The van der Waals surface area contributed by atoms with Crippen molar-refractivity contribution in [3.8, 4) is 0 Å². The number of hydrogen-bond donors (Lipinski definition) is 0. The van der Waals surface area contributed by atoms with Gasteiger partial charge in [0, 0.05) is 12.5 Å². The van der Waals surface area contributed by atoms with Gasteiger partial charge >= 0.3 is 0 Å². The van der Waals surface area contributed by atoms with Crippen LogP contribution in [0.25, 0.3) is 0 Å². The first kappa shape index (κ1) is 39.0. The summed E-state index contributed by atoms with van der Waals surface area (Å²) in [5, 5.41) is 0. The molecule has 0 aromatic rings. The van der Waals surface area contributed by atoms with Crippen molar-refractivity contribution in [2.75, 3.05) is 19.1 Å². The molecule has 0 radical (unpaired) electrons. The van der Waals surface area contributed by atoms with E-state index in [4.69, 9.17) is 16.3 Å². The highest BCUT2D eigenvalue weighted by Gasteiger charge is 1.74. The zero-order valence-electron chi connectivity index (χ0n) is 6.32. The Balaban J connectivity index is -0.0000000140. The minimum absolute atomic E-state index is 0. The molecule has 1 nitrogen and oxygen atoms in total. The lowest BCUT2D eigenvalue weighted by molar-refractivity contribution is 0.164. The lowest BCUT2D eigenvalue weighted by Crippen LogP contribution is -1.92. The smallest absolute Gasteiger partial charge is 0.0601 e. The second-order valence-corrected chi connectivity index (χ2v) is 1.26. The van der Waals surface area contributed by atoms with E-state index in [1.807, 2.05) is 20.8 Å². The van der Waals surface area contributed by atoms with Gasteiger partial charge in [-0.1, -0.05) is 36.1 Å². The van der Waals surface area contributed by atoms with E-state index in [0.29, 0.717) is 12.5 Å². The van der Waals surface area contributed by atoms with Gasteiger partial charge in [0.25, 0.3) is 0 Å². The van der Waals surface area contributed by atoms with E-state index < -0.39 is 0 Å². The lowest BCUT2D eigenvalue weighted by atomic mass is 10.8. The number of halogens is 2. The highest BCUT2D eigenvalue weighted by Crippen LogP contribution is 1.75. The maximum Gasteiger partial charge on any atom is 0.0601 e. The normalized spacial score (nSPS) is 5.00. The van der Waals surface area contributed by atoms with Gasteiger partial charge in [0.1, 0.15) is 0 Å². The molecule has 0 aliphatic carbocycles. The summed E-state index contributed by atoms with van der Waals surface area (Å²) in [6.45, 7) is 7.40. The fourth-order valence-corrected chi connectivity index (χ4v) is 0.308. The van der Waals surface area contributed by atoms with Gasteiger partial charge in [0.2, 0.25) is 0 Å². The minimum atomic E-state index is 0. The molecule has 0 heterocycles. The van der Waals surface area contributed by atoms with E-state index in [9.17, 15) is 0 Å². The number of hydrogen-bond acceptors (Lipinski definition) is 1. The molecule has 12 heavy (non-hydrogen) atoms. The van der Waals surface area contributed by atoms with Gasteiger partial charge in [-0.15, -0.1) is 24.0 Å². The number of ether oxygens (including phenoxy) is 1. The third kappa shape index (κ3) is 76.5. The number of alkyl halides is 1. The summed E-state index contributed by atoms with van der Waals surface area (Å²) in [5.41, 5.74) is 0. The summed E-state index contributed by atoms with van der Waals surface area (Å²) in [6, 6.07) is 0. The first-order valence-electron chi connectivity index (χ1n) is 3.05. The van der Waals surface area contributed by atoms with Crippen LogP contribution in [-0.2, 0) is 4.74 Å². The van der Waals surface area contributed by atoms with Crippen LogP contribution in [0.1, 0.15) is 43.1 Å². The maximum atomic E-state index is 5.26. The zero-order chi connectivity index (χ0) is 6.83. The molecule has 3 heteroatoms. The van der Waals surface area contributed by atoms with Crippen LogP contribution in [0.5, 0.6) is 0 Å². The largest absolute Gasteiger partial charge is 0.381 e. The molecule has 0 N–H and O–H groups in total. The second-order valence-electron chi connectivity index (χ2n) is 0.886. The first-order valence-corrected chi connectivity index (χ1v) is 3.59. The summed E-state index contributed by atoms with van der Waals surface area (Å²) in [6.07, 6.45) is 0. The molecule has 0 aromatic heterocycles. The van der Waals surface area contributed by atoms with Gasteiger partial charge in [-0.2, -0.15) is 0 Å². The highest BCUT2D eigenvalue weighted by atomic mass is 35.5. The van der Waals surface area contributed by atoms with Crippen LogP contribution in [0.4, 0.5) is 0 Å². The third-order valence-electron chi connectivity index (χ3n) is 0.426. The molecule has 0 aromatic carbocycles. The quantitative estimate of drug-likeness (QED) is 0.501. The van der Waals surface area contributed by atoms with Gasteiger partial charge in [0.15, 0.2) is 0 Å². The first-order chi connectivity index (χ1) is 3.91. The molecule has 0 unspecified atom stereocenters. The van der Waals surface area contributed by atoms with Crippen LogP contribution in [0, 0.1) is 0 Å². The average Bonchev–Trinajstić information content (AvgIpc) is 1.88. The van der Waals surface area contributed by atoms with Crippen molar-refractivity contribution < 1.29 is 4.74 Å². The molecule has 0 rings (SSSR count). The highest BCUT2D eigenvalue weighted by molar-refractivity contribution is 6.17. The molecule has 0 fully saturated rings. The molecule has 0 aliphatic rings. The summed E-state index contributed by atoms with van der Waals surface area (Å²) in [4.78, 5) is 0. The van der Waals surface area contributed by atoms with Crippen molar-refractivity contribution in [3.63, 3.8) is 0 Å². The van der Waals surface area contributed by atoms with E-state index in [0.717, 1.165) is 6.61 Å². The topological polar surface area (TPSA) is 9.23 Å². The Labute approximate surface area is 91.3 Å². The third-order valence-corrected chi connectivity index (χ3v) is 0.580. The van der Waals surface area contributed by atoms with Crippen LogP contribution in [0.2, 0.25) is 0 Å². The molecule has 84 valence electrons. The number of rotatable bonds is 3. The molecular weight excluding hydrogens is 195 g/mol. The Hall–Kier alpha value is 0.540. The van der Waals surface area contributed by atoms with Gasteiger partial charge in [-0.05, 0) is 6.92 Å². The molecule has 0 atom stereocenters. The maximum absolute atomic E-state index is 5.26. The molecular formula is C9H28Cl2O. The molecule has 0 bridgehead atoms. The van der Waals surface area contributed by atoms with Crippen LogP contribution in [0.3, 0.4) is 0 Å². The van der Waals surface area contributed by atoms with Crippen molar-refractivity contribution >= 4 is 24.0 Å². The van der Waals surface area contributed by atoms with Crippen LogP contribution in [0.15, 0.2) is 0 Å². The van der Waals surface area contributed by atoms with Gasteiger partial charge in [-0.3, -0.25) is 0 Å². The average molecular weight is 223 g/mol. The Morgan fingerprint density at radius 2 is 1.42 bits per heavy atom. The van der Waals surface area contributed by atoms with Crippen molar-refractivity contribution in [1.29, 1.82) is 0 Å². The summed E-state index contributed by atoms with van der Waals surface area (Å²) in [7, 11) is 0. The monoisotopic (exact) mass is 222 g/mol. The van der Waals surface area contributed by atoms with Crippen molar-refractivity contribution in [2.45, 2.75) is 43.1 Å². The predicted octanol–water partition coefficient (Wildman–Crippen LogP) is 4.62. The van der Waals surface area contributed by atoms with Crippen molar-refractivity contribution in [1.82, 2.24) is 0 Å². The van der Waals surface area contributed by atoms with Crippen molar-refractivity contribution in [2.24, 2.45) is 0 Å². The SMILES string of the molecule is C.C.C.CC.CCOCCCl.Cl. The van der Waals surface area contributed by atoms with E-state index in [-0.39, 0.29) is 34.7 Å². The fourth-order valence-electron chi connectivity index (χ4n) is 0.199. The van der Waals surface area contributed by atoms with Crippen LogP contribution in [-0.4, -0.2) is 19.1 Å². The van der Waals surface area contributed by atoms with E-state index in [1.54, 1.807) is 0 Å². The molecule has 0 aliphatic heterocycles. The van der Waals surface area contributed by atoms with Gasteiger partial charge < -0.3 is 4.74 Å². The van der Waals surface area contributed by atoms with Crippen LogP contribution >= 0.6 is 24.0 Å². The Kier molecular flexibility index (Phi) is 202. The predicted molar refractivity (Wildman–Crippen MR) is 66.0 cm³/mol. The fraction of sp³-hybridized carbons (Fsp3) is 1.00. The van der Waals surface area contributed by atoms with Gasteiger partial charge in [-0.25, -0.2) is 0 Å². The van der Waals surface area contributed by atoms with Gasteiger partial charge in [0.05, 0.1) is 6.61 Å². The second kappa shape index (κ2) is 62.2. The molecule has 0 spiro atoms. The van der Waals surface area contributed by atoms with E-state index in [1.165, 1.54) is 0 Å². The zero-order valence-corrected chi connectivity index (χ0v) is 7.89. The van der Waals surface area contributed by atoms with E-state index in [2.05, 4.69) is 0 Å². The van der Waals surface area contributed by atoms with E-state index >= 15 is 0 Å². The molecule has 0 amide bonds. The summed E-state index contributed by atoms with van der Waals surface area (Å²) < 4.78 is 4.85. The lowest BCUT2D eigenvalue weighted by Gasteiger charge is -1.90. The summed E-state index contributed by atoms with van der Waals surface area (Å²) in [5.74, 6) is 0.605. The Bertz CT molecular complexity index is 24.5. The summed E-state index contributed by atoms with van der Waals surface area (Å²) >= 11 is 5.26.